The van der Waals surface area contributed by atoms with Crippen LogP contribution in [0.3, 0.4) is 0 Å². The number of nitrogens with zero attached hydrogens (tertiary/aromatic N) is 2. The number of nitrogens with one attached hydrogen (secondary N) is 1. The zero-order chi connectivity index (χ0) is 12.4. The second-order valence-electron chi connectivity index (χ2n) is 5.36. The predicted octanol–water partition coefficient (Wildman–Crippen LogP) is 2.86. The second kappa shape index (κ2) is 5.53. The average Bonchev–Trinajstić information content (AvgIpc) is 3.14. The first-order valence-corrected chi connectivity index (χ1v) is 7.87. The van der Waals surface area contributed by atoms with Crippen LogP contribution >= 0.6 is 11.3 Å². The highest BCUT2D eigenvalue weighted by molar-refractivity contribution is 7.15. The van der Waals surface area contributed by atoms with Crippen LogP contribution in [0, 0.1) is 5.92 Å². The van der Waals surface area contributed by atoms with Gasteiger partial charge in [-0.2, -0.15) is 0 Å². The summed E-state index contributed by atoms with van der Waals surface area (Å²) in [6.45, 7) is 3.06. The molecule has 2 atom stereocenters. The van der Waals surface area contributed by atoms with Gasteiger partial charge in [-0.3, -0.25) is 0 Å². The maximum absolute atomic E-state index is 5.84. The Kier molecular flexibility index (Phi) is 3.80. The van der Waals surface area contributed by atoms with Crippen LogP contribution in [0.15, 0.2) is 0 Å². The summed E-state index contributed by atoms with van der Waals surface area (Å²) in [5.41, 5.74) is 0. The first-order valence-electron chi connectivity index (χ1n) is 7.05. The number of ether oxygens (including phenoxy) is 1. The first-order chi connectivity index (χ1) is 8.85. The van der Waals surface area contributed by atoms with Crippen LogP contribution in [0.2, 0.25) is 0 Å². The summed E-state index contributed by atoms with van der Waals surface area (Å²) in [7, 11) is 0. The number of hydrogen-bond donors (Lipinski definition) is 1. The van der Waals surface area contributed by atoms with Crippen molar-refractivity contribution < 1.29 is 4.74 Å². The Morgan fingerprint density at radius 3 is 3.00 bits per heavy atom. The molecule has 18 heavy (non-hydrogen) atoms. The minimum Gasteiger partial charge on any atom is -0.378 e. The molecule has 1 aromatic rings. The van der Waals surface area contributed by atoms with Crippen LogP contribution in [0.25, 0.3) is 0 Å². The normalized spacial score (nSPS) is 28.3. The number of aryl methyl sites for hydroxylation is 1. The van der Waals surface area contributed by atoms with E-state index < -0.39 is 0 Å². The molecule has 0 bridgehead atoms. The molecule has 0 amide bonds. The number of rotatable bonds is 5. The molecule has 3 rings (SSSR count). The van der Waals surface area contributed by atoms with Gasteiger partial charge in [0.1, 0.15) is 5.01 Å². The summed E-state index contributed by atoms with van der Waals surface area (Å²) < 4.78 is 5.84. The van der Waals surface area contributed by atoms with E-state index in [4.69, 9.17) is 4.74 Å². The monoisotopic (exact) mass is 267 g/mol. The van der Waals surface area contributed by atoms with Crippen molar-refractivity contribution in [1.29, 1.82) is 0 Å². The van der Waals surface area contributed by atoms with Gasteiger partial charge in [0.05, 0.1) is 6.10 Å². The van der Waals surface area contributed by atoms with Crippen LogP contribution in [0.1, 0.15) is 44.0 Å². The summed E-state index contributed by atoms with van der Waals surface area (Å²) in [4.78, 5) is 0. The molecule has 0 radical (unpaired) electrons. The molecule has 1 aromatic heterocycles. The molecule has 0 aromatic carbocycles. The van der Waals surface area contributed by atoms with Crippen LogP contribution in [-0.4, -0.2) is 29.0 Å². The molecule has 100 valence electrons. The molecular formula is C13H21N3OS. The van der Waals surface area contributed by atoms with Gasteiger partial charge in [0, 0.05) is 19.1 Å². The van der Waals surface area contributed by atoms with Crippen molar-refractivity contribution in [3.8, 4) is 0 Å². The van der Waals surface area contributed by atoms with Crippen LogP contribution in [0.5, 0.6) is 0 Å². The van der Waals surface area contributed by atoms with E-state index in [0.717, 1.165) is 48.3 Å². The minimum absolute atomic E-state index is 0.485. The van der Waals surface area contributed by atoms with Crippen molar-refractivity contribution in [3.05, 3.63) is 5.01 Å². The Balaban J connectivity index is 1.54. The second-order valence-corrected chi connectivity index (χ2v) is 6.43. The number of aromatic nitrogens is 2. The summed E-state index contributed by atoms with van der Waals surface area (Å²) in [5, 5.41) is 14.1. The van der Waals surface area contributed by atoms with Gasteiger partial charge in [-0.05, 0) is 38.0 Å². The molecule has 2 heterocycles. The maximum Gasteiger partial charge on any atom is 0.205 e. The van der Waals surface area contributed by atoms with Gasteiger partial charge < -0.3 is 10.1 Å². The van der Waals surface area contributed by atoms with Crippen molar-refractivity contribution >= 4 is 16.5 Å². The van der Waals surface area contributed by atoms with E-state index in [9.17, 15) is 0 Å². The zero-order valence-corrected chi connectivity index (χ0v) is 11.7. The van der Waals surface area contributed by atoms with E-state index in [1.807, 2.05) is 0 Å². The third kappa shape index (κ3) is 3.01. The van der Waals surface area contributed by atoms with Gasteiger partial charge in [-0.1, -0.05) is 18.3 Å². The molecule has 2 unspecified atom stereocenters. The van der Waals surface area contributed by atoms with Crippen molar-refractivity contribution in [2.75, 3.05) is 11.9 Å². The Bertz CT molecular complexity index is 391. The van der Waals surface area contributed by atoms with E-state index in [-0.39, 0.29) is 0 Å². The van der Waals surface area contributed by atoms with Gasteiger partial charge in [0.15, 0.2) is 0 Å². The highest BCUT2D eigenvalue weighted by atomic mass is 32.1. The van der Waals surface area contributed by atoms with Gasteiger partial charge in [-0.15, -0.1) is 10.2 Å². The molecule has 1 saturated heterocycles. The molecule has 2 fully saturated rings. The molecular weight excluding hydrogens is 246 g/mol. The lowest BCUT2D eigenvalue weighted by atomic mass is 10.0. The number of anilines is 1. The van der Waals surface area contributed by atoms with Crippen molar-refractivity contribution in [2.24, 2.45) is 5.92 Å². The fourth-order valence-corrected chi connectivity index (χ4v) is 3.48. The average molecular weight is 267 g/mol. The van der Waals surface area contributed by atoms with E-state index in [0.29, 0.717) is 12.1 Å². The maximum atomic E-state index is 5.84. The lowest BCUT2D eigenvalue weighted by molar-refractivity contribution is -0.00219. The molecule has 0 spiro atoms. The lowest BCUT2D eigenvalue weighted by Gasteiger charge is -2.29. The fraction of sp³-hybridized carbons (Fsp3) is 0.846. The fourth-order valence-electron chi connectivity index (χ4n) is 2.56. The standard InChI is InChI=1S/C13H21N3OS/c1-2-3-12-15-16-13(18-12)14-10-6-7-17-11(8-10)9-4-5-9/h9-11H,2-8H2,1H3,(H,14,16). The summed E-state index contributed by atoms with van der Waals surface area (Å²) in [6, 6.07) is 0.520. The van der Waals surface area contributed by atoms with Gasteiger partial charge >= 0.3 is 0 Å². The molecule has 5 heteroatoms. The largest absolute Gasteiger partial charge is 0.378 e. The molecule has 1 saturated carbocycles. The van der Waals surface area contributed by atoms with Gasteiger partial charge in [0.25, 0.3) is 0 Å². The third-order valence-corrected chi connectivity index (χ3v) is 4.64. The Morgan fingerprint density at radius 1 is 1.33 bits per heavy atom. The highest BCUT2D eigenvalue weighted by Gasteiger charge is 2.35. The Morgan fingerprint density at radius 2 is 2.22 bits per heavy atom. The lowest BCUT2D eigenvalue weighted by Crippen LogP contribution is -2.35. The predicted molar refractivity (Wildman–Crippen MR) is 73.0 cm³/mol. The topological polar surface area (TPSA) is 47.0 Å². The quantitative estimate of drug-likeness (QED) is 0.891. The summed E-state index contributed by atoms with van der Waals surface area (Å²) in [5.74, 6) is 0.833. The minimum atomic E-state index is 0.485. The smallest absolute Gasteiger partial charge is 0.205 e. The first kappa shape index (κ1) is 12.4. The Labute approximate surface area is 112 Å². The zero-order valence-electron chi connectivity index (χ0n) is 10.9. The van der Waals surface area contributed by atoms with Gasteiger partial charge in [0.2, 0.25) is 5.13 Å². The molecule has 1 aliphatic carbocycles. The molecule has 4 nitrogen and oxygen atoms in total. The molecule has 1 N–H and O–H groups in total. The SMILES string of the molecule is CCCc1nnc(NC2CCOC(C3CC3)C2)s1. The number of hydrogen-bond acceptors (Lipinski definition) is 5. The third-order valence-electron chi connectivity index (χ3n) is 3.72. The van der Waals surface area contributed by atoms with E-state index >= 15 is 0 Å². The highest BCUT2D eigenvalue weighted by Crippen LogP contribution is 2.38. The van der Waals surface area contributed by atoms with Crippen LogP contribution < -0.4 is 5.32 Å². The van der Waals surface area contributed by atoms with E-state index in [2.05, 4.69) is 22.4 Å². The van der Waals surface area contributed by atoms with E-state index in [1.165, 1.54) is 12.8 Å². The summed E-state index contributed by atoms with van der Waals surface area (Å²) >= 11 is 1.70. The van der Waals surface area contributed by atoms with Crippen molar-refractivity contribution in [1.82, 2.24) is 10.2 Å². The molecule has 1 aliphatic heterocycles. The molecule has 2 aliphatic rings. The van der Waals surface area contributed by atoms with Gasteiger partial charge in [-0.25, -0.2) is 0 Å². The van der Waals surface area contributed by atoms with Crippen LogP contribution in [-0.2, 0) is 11.2 Å². The van der Waals surface area contributed by atoms with E-state index in [1.54, 1.807) is 11.3 Å². The van der Waals surface area contributed by atoms with Crippen molar-refractivity contribution in [3.63, 3.8) is 0 Å². The Hall–Kier alpha value is -0.680. The van der Waals surface area contributed by atoms with Crippen molar-refractivity contribution in [2.45, 2.75) is 57.6 Å². The van der Waals surface area contributed by atoms with Crippen LogP contribution in [0.4, 0.5) is 5.13 Å². The summed E-state index contributed by atoms with van der Waals surface area (Å²) in [6.07, 6.45) is 7.60.